The van der Waals surface area contributed by atoms with Gasteiger partial charge in [0, 0.05) is 33.2 Å². The maximum absolute atomic E-state index is 5.74. The Hall–Kier alpha value is -0.160. The molecule has 1 saturated heterocycles. The lowest BCUT2D eigenvalue weighted by Crippen LogP contribution is -2.56. The number of likely N-dealkylation sites (N-methyl/N-ethyl adjacent to an activating group) is 1. The van der Waals surface area contributed by atoms with Gasteiger partial charge in [-0.05, 0) is 20.9 Å². The topological polar surface area (TPSA) is 39.7 Å². The van der Waals surface area contributed by atoms with Crippen molar-refractivity contribution in [2.45, 2.75) is 44.4 Å². The number of hydrogen-bond acceptors (Lipinski definition) is 4. The first-order valence-electron chi connectivity index (χ1n) is 6.06. The van der Waals surface area contributed by atoms with E-state index in [1.54, 1.807) is 7.11 Å². The molecule has 0 bridgehead atoms. The molecule has 1 unspecified atom stereocenters. The van der Waals surface area contributed by atoms with Gasteiger partial charge in [-0.3, -0.25) is 0 Å². The quantitative estimate of drug-likeness (QED) is 0.745. The van der Waals surface area contributed by atoms with Crippen LogP contribution in [0, 0.1) is 0 Å². The molecular weight excluding hydrogens is 206 g/mol. The van der Waals surface area contributed by atoms with Gasteiger partial charge < -0.3 is 19.5 Å². The zero-order valence-corrected chi connectivity index (χ0v) is 10.9. The van der Waals surface area contributed by atoms with E-state index >= 15 is 0 Å². The number of methoxy groups -OCH3 is 1. The van der Waals surface area contributed by atoms with Crippen LogP contribution in [0.15, 0.2) is 0 Å². The highest BCUT2D eigenvalue weighted by atomic mass is 16.5. The van der Waals surface area contributed by atoms with Gasteiger partial charge in [-0.1, -0.05) is 0 Å². The Morgan fingerprint density at radius 3 is 2.38 bits per heavy atom. The molecule has 1 fully saturated rings. The van der Waals surface area contributed by atoms with Crippen LogP contribution in [-0.4, -0.2) is 51.7 Å². The predicted octanol–water partition coefficient (Wildman–Crippen LogP) is 1.19. The fraction of sp³-hybridized carbons (Fsp3) is 1.00. The van der Waals surface area contributed by atoms with Crippen molar-refractivity contribution in [3.8, 4) is 0 Å². The van der Waals surface area contributed by atoms with Crippen molar-refractivity contribution in [3.05, 3.63) is 0 Å². The second kappa shape index (κ2) is 6.55. The molecular formula is C12H25NO3. The first-order valence-corrected chi connectivity index (χ1v) is 6.06. The highest BCUT2D eigenvalue weighted by Gasteiger charge is 2.40. The van der Waals surface area contributed by atoms with Gasteiger partial charge in [-0.25, -0.2) is 0 Å². The van der Waals surface area contributed by atoms with E-state index in [2.05, 4.69) is 19.2 Å². The Labute approximate surface area is 98.6 Å². The summed E-state index contributed by atoms with van der Waals surface area (Å²) in [4.78, 5) is 0. The molecule has 1 N–H and O–H groups in total. The molecule has 4 heteroatoms. The standard InChI is InChI=1S/C12H25NO3/c1-10(2)16-9-11(13-3)12(14-4)5-7-15-8-6-12/h10-11,13H,5-9H2,1-4H3. The third kappa shape index (κ3) is 3.42. The first kappa shape index (κ1) is 13.9. The van der Waals surface area contributed by atoms with Gasteiger partial charge in [-0.15, -0.1) is 0 Å². The molecule has 1 heterocycles. The van der Waals surface area contributed by atoms with Crippen molar-refractivity contribution < 1.29 is 14.2 Å². The molecule has 0 aromatic carbocycles. The Bertz CT molecular complexity index is 191. The SMILES string of the molecule is CNC(COC(C)C)C1(OC)CCOCC1. The van der Waals surface area contributed by atoms with E-state index in [9.17, 15) is 0 Å². The van der Waals surface area contributed by atoms with Crippen LogP contribution in [0.25, 0.3) is 0 Å². The van der Waals surface area contributed by atoms with Crippen LogP contribution in [0.4, 0.5) is 0 Å². The molecule has 1 aliphatic rings. The van der Waals surface area contributed by atoms with Crippen LogP contribution >= 0.6 is 0 Å². The molecule has 16 heavy (non-hydrogen) atoms. The number of nitrogens with one attached hydrogen (secondary N) is 1. The molecule has 4 nitrogen and oxygen atoms in total. The van der Waals surface area contributed by atoms with Crippen LogP contribution < -0.4 is 5.32 Å². The molecule has 0 saturated carbocycles. The highest BCUT2D eigenvalue weighted by molar-refractivity contribution is 4.94. The van der Waals surface area contributed by atoms with Gasteiger partial charge in [0.2, 0.25) is 0 Å². The van der Waals surface area contributed by atoms with Gasteiger partial charge >= 0.3 is 0 Å². The number of ether oxygens (including phenoxy) is 3. The van der Waals surface area contributed by atoms with Crippen molar-refractivity contribution in [1.29, 1.82) is 0 Å². The summed E-state index contributed by atoms with van der Waals surface area (Å²) in [6.45, 7) is 6.33. The minimum absolute atomic E-state index is 0.137. The first-order chi connectivity index (χ1) is 7.64. The molecule has 1 atom stereocenters. The average Bonchev–Trinajstić information content (AvgIpc) is 2.30. The molecule has 1 rings (SSSR count). The molecule has 1 aliphatic heterocycles. The molecule has 0 spiro atoms. The summed E-state index contributed by atoms with van der Waals surface area (Å²) in [7, 11) is 3.75. The Morgan fingerprint density at radius 2 is 1.94 bits per heavy atom. The summed E-state index contributed by atoms with van der Waals surface area (Å²) in [5, 5.41) is 3.31. The summed E-state index contributed by atoms with van der Waals surface area (Å²) in [6, 6.07) is 0.226. The van der Waals surface area contributed by atoms with E-state index in [1.165, 1.54) is 0 Å². The zero-order valence-electron chi connectivity index (χ0n) is 10.9. The van der Waals surface area contributed by atoms with Gasteiger partial charge in [0.05, 0.1) is 24.4 Å². The monoisotopic (exact) mass is 231 g/mol. The van der Waals surface area contributed by atoms with Crippen LogP contribution in [-0.2, 0) is 14.2 Å². The molecule has 0 amide bonds. The van der Waals surface area contributed by atoms with Crippen LogP contribution in [0.3, 0.4) is 0 Å². The maximum Gasteiger partial charge on any atom is 0.0897 e. The van der Waals surface area contributed by atoms with Gasteiger partial charge in [0.1, 0.15) is 0 Å². The predicted molar refractivity (Wildman–Crippen MR) is 63.7 cm³/mol. The minimum Gasteiger partial charge on any atom is -0.381 e. The van der Waals surface area contributed by atoms with Gasteiger partial charge in [0.15, 0.2) is 0 Å². The van der Waals surface area contributed by atoms with Gasteiger partial charge in [-0.2, -0.15) is 0 Å². The average molecular weight is 231 g/mol. The number of rotatable bonds is 6. The van der Waals surface area contributed by atoms with Crippen LogP contribution in [0.1, 0.15) is 26.7 Å². The fourth-order valence-electron chi connectivity index (χ4n) is 2.20. The normalized spacial score (nSPS) is 22.3. The lowest BCUT2D eigenvalue weighted by atomic mass is 9.86. The van der Waals surface area contributed by atoms with Crippen LogP contribution in [0.5, 0.6) is 0 Å². The molecule has 96 valence electrons. The third-order valence-electron chi connectivity index (χ3n) is 3.33. The lowest BCUT2D eigenvalue weighted by Gasteiger charge is -2.42. The fourth-order valence-corrected chi connectivity index (χ4v) is 2.20. The van der Waals surface area contributed by atoms with E-state index in [-0.39, 0.29) is 17.7 Å². The summed E-state index contributed by atoms with van der Waals surface area (Å²) >= 11 is 0. The second-order valence-electron chi connectivity index (χ2n) is 4.60. The highest BCUT2D eigenvalue weighted by Crippen LogP contribution is 2.28. The van der Waals surface area contributed by atoms with Crippen LogP contribution in [0.2, 0.25) is 0 Å². The van der Waals surface area contributed by atoms with E-state index in [1.807, 2.05) is 7.05 Å². The lowest BCUT2D eigenvalue weighted by molar-refractivity contribution is -0.124. The van der Waals surface area contributed by atoms with Crippen molar-refractivity contribution >= 4 is 0 Å². The zero-order chi connectivity index (χ0) is 12.0. The minimum atomic E-state index is -0.137. The second-order valence-corrected chi connectivity index (χ2v) is 4.60. The number of hydrogen-bond donors (Lipinski definition) is 1. The summed E-state index contributed by atoms with van der Waals surface area (Å²) in [5.74, 6) is 0. The Kier molecular flexibility index (Phi) is 5.69. The van der Waals surface area contributed by atoms with Crippen molar-refractivity contribution in [3.63, 3.8) is 0 Å². The van der Waals surface area contributed by atoms with Crippen molar-refractivity contribution in [2.24, 2.45) is 0 Å². The van der Waals surface area contributed by atoms with E-state index in [0.29, 0.717) is 6.61 Å². The Morgan fingerprint density at radius 1 is 1.31 bits per heavy atom. The van der Waals surface area contributed by atoms with E-state index in [0.717, 1.165) is 26.1 Å². The summed E-state index contributed by atoms with van der Waals surface area (Å²) in [5.41, 5.74) is -0.137. The summed E-state index contributed by atoms with van der Waals surface area (Å²) in [6.07, 6.45) is 2.11. The van der Waals surface area contributed by atoms with E-state index < -0.39 is 0 Å². The van der Waals surface area contributed by atoms with Crippen molar-refractivity contribution in [1.82, 2.24) is 5.32 Å². The van der Waals surface area contributed by atoms with Gasteiger partial charge in [0.25, 0.3) is 0 Å². The third-order valence-corrected chi connectivity index (χ3v) is 3.33. The Balaban J connectivity index is 2.58. The molecule has 0 radical (unpaired) electrons. The molecule has 0 aromatic heterocycles. The van der Waals surface area contributed by atoms with E-state index in [4.69, 9.17) is 14.2 Å². The summed E-state index contributed by atoms with van der Waals surface area (Å²) < 4.78 is 16.8. The van der Waals surface area contributed by atoms with Crippen molar-refractivity contribution in [2.75, 3.05) is 34.0 Å². The molecule has 0 aromatic rings. The maximum atomic E-state index is 5.74. The smallest absolute Gasteiger partial charge is 0.0897 e. The molecule has 0 aliphatic carbocycles. The largest absolute Gasteiger partial charge is 0.381 e.